The van der Waals surface area contributed by atoms with E-state index in [1.807, 2.05) is 0 Å². The number of hydrogen-bond donors (Lipinski definition) is 1. The SMILES string of the molecule is O=C(O)c1cc(Br)ccc1OCc1cc(Br)ccc1F. The van der Waals surface area contributed by atoms with Crippen molar-refractivity contribution in [2.24, 2.45) is 0 Å². The molecular weight excluding hydrogens is 395 g/mol. The summed E-state index contributed by atoms with van der Waals surface area (Å²) in [4.78, 5) is 11.1. The van der Waals surface area contributed by atoms with Crippen LogP contribution in [0.3, 0.4) is 0 Å². The van der Waals surface area contributed by atoms with Crippen LogP contribution in [0.2, 0.25) is 0 Å². The third-order valence-electron chi connectivity index (χ3n) is 2.56. The van der Waals surface area contributed by atoms with Gasteiger partial charge in [-0.25, -0.2) is 9.18 Å². The first-order chi connectivity index (χ1) is 9.47. The maximum atomic E-state index is 13.6. The molecule has 0 aliphatic heterocycles. The number of carboxylic acid groups (broad SMARTS) is 1. The highest BCUT2D eigenvalue weighted by molar-refractivity contribution is 9.10. The zero-order chi connectivity index (χ0) is 14.7. The summed E-state index contributed by atoms with van der Waals surface area (Å²) in [5.41, 5.74) is 0.369. The molecule has 0 spiro atoms. The Hall–Kier alpha value is -1.40. The lowest BCUT2D eigenvalue weighted by Crippen LogP contribution is -2.04. The molecule has 0 radical (unpaired) electrons. The first-order valence-electron chi connectivity index (χ1n) is 5.57. The lowest BCUT2D eigenvalue weighted by atomic mass is 10.2. The van der Waals surface area contributed by atoms with Crippen molar-refractivity contribution in [1.29, 1.82) is 0 Å². The predicted molar refractivity (Wildman–Crippen MR) is 79.5 cm³/mol. The molecule has 0 bridgehead atoms. The number of rotatable bonds is 4. The van der Waals surface area contributed by atoms with Gasteiger partial charge in [0.15, 0.2) is 0 Å². The fourth-order valence-electron chi connectivity index (χ4n) is 1.60. The second-order valence-electron chi connectivity index (χ2n) is 3.97. The van der Waals surface area contributed by atoms with E-state index in [2.05, 4.69) is 31.9 Å². The van der Waals surface area contributed by atoms with E-state index in [0.717, 1.165) is 4.47 Å². The van der Waals surface area contributed by atoms with E-state index in [1.165, 1.54) is 18.2 Å². The highest BCUT2D eigenvalue weighted by Crippen LogP contribution is 2.25. The van der Waals surface area contributed by atoms with E-state index >= 15 is 0 Å². The molecule has 2 aromatic carbocycles. The summed E-state index contributed by atoms with van der Waals surface area (Å²) < 4.78 is 20.3. The maximum Gasteiger partial charge on any atom is 0.339 e. The van der Waals surface area contributed by atoms with Gasteiger partial charge in [-0.15, -0.1) is 0 Å². The monoisotopic (exact) mass is 402 g/mol. The Morgan fingerprint density at radius 1 is 1.15 bits per heavy atom. The third-order valence-corrected chi connectivity index (χ3v) is 3.55. The number of aromatic carboxylic acids is 1. The normalized spacial score (nSPS) is 10.3. The summed E-state index contributed by atoms with van der Waals surface area (Å²) >= 11 is 6.44. The van der Waals surface area contributed by atoms with Crippen molar-refractivity contribution in [3.63, 3.8) is 0 Å². The molecule has 1 N–H and O–H groups in total. The standard InChI is InChI=1S/C14H9Br2FO3/c15-9-1-3-12(17)8(5-9)7-20-13-4-2-10(16)6-11(13)14(18)19/h1-6H,7H2,(H,18,19). The van der Waals surface area contributed by atoms with Crippen molar-refractivity contribution in [2.45, 2.75) is 6.61 Å². The van der Waals surface area contributed by atoms with Gasteiger partial charge in [0.1, 0.15) is 23.7 Å². The number of halogens is 3. The van der Waals surface area contributed by atoms with E-state index in [9.17, 15) is 9.18 Å². The predicted octanol–water partition coefficient (Wildman–Crippen LogP) is 4.63. The van der Waals surface area contributed by atoms with Crippen LogP contribution in [0.5, 0.6) is 5.75 Å². The smallest absolute Gasteiger partial charge is 0.339 e. The summed E-state index contributed by atoms with van der Waals surface area (Å²) in [6.07, 6.45) is 0. The molecule has 0 atom stereocenters. The van der Waals surface area contributed by atoms with Crippen LogP contribution in [0.15, 0.2) is 45.3 Å². The Morgan fingerprint density at radius 3 is 2.50 bits per heavy atom. The lowest BCUT2D eigenvalue weighted by Gasteiger charge is -2.10. The van der Waals surface area contributed by atoms with Crippen LogP contribution in [0.25, 0.3) is 0 Å². The van der Waals surface area contributed by atoms with Gasteiger partial charge in [-0.2, -0.15) is 0 Å². The van der Waals surface area contributed by atoms with Gasteiger partial charge in [0.2, 0.25) is 0 Å². The highest BCUT2D eigenvalue weighted by atomic mass is 79.9. The summed E-state index contributed by atoms with van der Waals surface area (Å²) in [6.45, 7) is -0.0484. The average Bonchev–Trinajstić information content (AvgIpc) is 2.40. The molecule has 6 heteroatoms. The number of ether oxygens (including phenoxy) is 1. The van der Waals surface area contributed by atoms with E-state index in [0.29, 0.717) is 10.0 Å². The Balaban J connectivity index is 2.23. The Morgan fingerprint density at radius 2 is 1.80 bits per heavy atom. The van der Waals surface area contributed by atoms with Gasteiger partial charge >= 0.3 is 5.97 Å². The first kappa shape index (κ1) is 15.0. The average molecular weight is 404 g/mol. The number of carbonyl (C=O) groups is 1. The van der Waals surface area contributed by atoms with Crippen molar-refractivity contribution in [3.05, 3.63) is 62.3 Å². The summed E-state index contributed by atoms with van der Waals surface area (Å²) in [5.74, 6) is -1.31. The molecule has 0 amide bonds. The molecule has 0 heterocycles. The fraction of sp³-hybridized carbons (Fsp3) is 0.0714. The molecule has 0 unspecified atom stereocenters. The van der Waals surface area contributed by atoms with Gasteiger partial charge in [-0.3, -0.25) is 0 Å². The molecule has 3 nitrogen and oxygen atoms in total. The lowest BCUT2D eigenvalue weighted by molar-refractivity contribution is 0.0691. The Kier molecular flexibility index (Phi) is 4.77. The van der Waals surface area contributed by atoms with Crippen LogP contribution in [0.1, 0.15) is 15.9 Å². The number of hydrogen-bond acceptors (Lipinski definition) is 2. The van der Waals surface area contributed by atoms with Crippen LogP contribution in [-0.2, 0) is 6.61 Å². The van der Waals surface area contributed by atoms with Crippen LogP contribution < -0.4 is 4.74 Å². The first-order valence-corrected chi connectivity index (χ1v) is 7.15. The number of carboxylic acids is 1. The van der Waals surface area contributed by atoms with Crippen LogP contribution >= 0.6 is 31.9 Å². The van der Waals surface area contributed by atoms with Crippen molar-refractivity contribution < 1.29 is 19.0 Å². The topological polar surface area (TPSA) is 46.5 Å². The Labute approximate surface area is 131 Å². The second kappa shape index (κ2) is 6.37. The quantitative estimate of drug-likeness (QED) is 0.809. The number of benzene rings is 2. The van der Waals surface area contributed by atoms with Crippen molar-refractivity contribution in [2.75, 3.05) is 0 Å². The highest BCUT2D eigenvalue weighted by Gasteiger charge is 2.13. The van der Waals surface area contributed by atoms with E-state index < -0.39 is 11.8 Å². The maximum absolute atomic E-state index is 13.6. The van der Waals surface area contributed by atoms with Gasteiger partial charge in [-0.05, 0) is 36.4 Å². The zero-order valence-corrected chi connectivity index (χ0v) is 13.2. The zero-order valence-electron chi connectivity index (χ0n) is 10.1. The summed E-state index contributed by atoms with van der Waals surface area (Å²) in [7, 11) is 0. The molecule has 0 fully saturated rings. The van der Waals surface area contributed by atoms with Crippen molar-refractivity contribution in [1.82, 2.24) is 0 Å². The van der Waals surface area contributed by atoms with Crippen LogP contribution in [0.4, 0.5) is 4.39 Å². The van der Waals surface area contributed by atoms with E-state index in [-0.39, 0.29) is 17.9 Å². The molecule has 20 heavy (non-hydrogen) atoms. The molecule has 0 saturated heterocycles. The van der Waals surface area contributed by atoms with Crippen molar-refractivity contribution in [3.8, 4) is 5.75 Å². The van der Waals surface area contributed by atoms with E-state index in [1.54, 1.807) is 18.2 Å². The van der Waals surface area contributed by atoms with E-state index in [4.69, 9.17) is 9.84 Å². The molecule has 104 valence electrons. The minimum atomic E-state index is -1.10. The van der Waals surface area contributed by atoms with Crippen molar-refractivity contribution >= 4 is 37.8 Å². The van der Waals surface area contributed by atoms with Gasteiger partial charge in [0.25, 0.3) is 0 Å². The van der Waals surface area contributed by atoms with Gasteiger partial charge in [-0.1, -0.05) is 31.9 Å². The molecule has 0 aromatic heterocycles. The van der Waals surface area contributed by atoms with Gasteiger partial charge in [0, 0.05) is 14.5 Å². The molecule has 2 rings (SSSR count). The van der Waals surface area contributed by atoms with Crippen LogP contribution in [0, 0.1) is 5.82 Å². The Bertz CT molecular complexity index is 659. The third kappa shape index (κ3) is 3.58. The minimum absolute atomic E-state index is 0.0229. The molecule has 0 aliphatic carbocycles. The largest absolute Gasteiger partial charge is 0.488 e. The fourth-order valence-corrected chi connectivity index (χ4v) is 2.37. The molecule has 0 saturated carbocycles. The molecule has 0 aliphatic rings. The second-order valence-corrected chi connectivity index (χ2v) is 5.80. The summed E-state index contributed by atoms with van der Waals surface area (Å²) in [6, 6.07) is 9.13. The molecular formula is C14H9Br2FO3. The van der Waals surface area contributed by atoms with Gasteiger partial charge < -0.3 is 9.84 Å². The van der Waals surface area contributed by atoms with Gasteiger partial charge in [0.05, 0.1) is 0 Å². The molecule has 2 aromatic rings. The summed E-state index contributed by atoms with van der Waals surface area (Å²) in [5, 5.41) is 9.10. The van der Waals surface area contributed by atoms with Crippen LogP contribution in [-0.4, -0.2) is 11.1 Å². The minimum Gasteiger partial charge on any atom is -0.488 e.